The minimum atomic E-state index is -0.353. The summed E-state index contributed by atoms with van der Waals surface area (Å²) in [6, 6.07) is 8.35. The average Bonchev–Trinajstić information content (AvgIpc) is 2.56. The van der Waals surface area contributed by atoms with Gasteiger partial charge < -0.3 is 9.31 Å². The molecule has 0 unspecified atom stereocenters. The van der Waals surface area contributed by atoms with E-state index in [1.807, 2.05) is 12.1 Å². The molecule has 2 rings (SSSR count). The number of rotatable bonds is 3. The van der Waals surface area contributed by atoms with E-state index in [0.717, 1.165) is 11.9 Å². The number of nitrogens with zero attached hydrogens (tertiary/aromatic N) is 1. The first-order valence-electron chi connectivity index (χ1n) is 7.09. The molecule has 1 aromatic rings. The molecule has 1 fully saturated rings. The highest BCUT2D eigenvalue weighted by atomic mass is 16.7. The Hall–Kier alpha value is -1.31. The Morgan fingerprint density at radius 2 is 1.75 bits per heavy atom. The van der Waals surface area contributed by atoms with Crippen LogP contribution in [0.1, 0.15) is 45.2 Å². The van der Waals surface area contributed by atoms with Gasteiger partial charge in [0.05, 0.1) is 17.3 Å². The van der Waals surface area contributed by atoms with Gasteiger partial charge in [0.25, 0.3) is 0 Å². The van der Waals surface area contributed by atoms with Gasteiger partial charge in [-0.25, -0.2) is 0 Å². The van der Waals surface area contributed by atoms with E-state index >= 15 is 0 Å². The molecule has 1 saturated heterocycles. The minimum Gasteiger partial charge on any atom is -0.399 e. The van der Waals surface area contributed by atoms with Crippen LogP contribution in [0.2, 0.25) is 0 Å². The molecule has 0 amide bonds. The molecule has 1 aromatic carbocycles. The second-order valence-corrected chi connectivity index (χ2v) is 6.39. The van der Waals surface area contributed by atoms with Gasteiger partial charge in [0.15, 0.2) is 0 Å². The molecule has 0 aromatic heterocycles. The molecule has 3 nitrogen and oxygen atoms in total. The third kappa shape index (κ3) is 2.61. The average molecular weight is 271 g/mol. The van der Waals surface area contributed by atoms with Gasteiger partial charge in [0.2, 0.25) is 0 Å². The molecule has 0 bridgehead atoms. The Morgan fingerprint density at radius 1 is 1.15 bits per heavy atom. The number of aryl methyl sites for hydroxylation is 1. The zero-order chi connectivity index (χ0) is 15.0. The van der Waals surface area contributed by atoms with Gasteiger partial charge in [-0.2, -0.15) is 5.26 Å². The van der Waals surface area contributed by atoms with E-state index in [-0.39, 0.29) is 18.3 Å². The van der Waals surface area contributed by atoms with Crippen molar-refractivity contribution in [3.05, 3.63) is 29.3 Å². The summed E-state index contributed by atoms with van der Waals surface area (Å²) < 4.78 is 12.2. The third-order valence-corrected chi connectivity index (χ3v) is 4.44. The normalized spacial score (nSPS) is 19.9. The molecule has 0 saturated carbocycles. The van der Waals surface area contributed by atoms with Crippen molar-refractivity contribution in [3.8, 4) is 6.07 Å². The van der Waals surface area contributed by atoms with Crippen LogP contribution in [-0.2, 0) is 15.7 Å². The van der Waals surface area contributed by atoms with Gasteiger partial charge >= 0.3 is 7.12 Å². The molecule has 1 aliphatic rings. The summed E-state index contributed by atoms with van der Waals surface area (Å²) in [6.07, 6.45) is 1.25. The number of benzene rings is 1. The van der Waals surface area contributed by atoms with E-state index in [1.165, 1.54) is 11.1 Å². The van der Waals surface area contributed by atoms with Gasteiger partial charge in [-0.3, -0.25) is 0 Å². The van der Waals surface area contributed by atoms with E-state index in [0.29, 0.717) is 6.42 Å². The predicted octanol–water partition coefficient (Wildman–Crippen LogP) is 2.75. The third-order valence-electron chi connectivity index (χ3n) is 4.44. The molecule has 20 heavy (non-hydrogen) atoms. The fraction of sp³-hybridized carbons (Fsp3) is 0.562. The lowest BCUT2D eigenvalue weighted by molar-refractivity contribution is 0.00578. The van der Waals surface area contributed by atoms with Gasteiger partial charge in [-0.1, -0.05) is 18.2 Å². The smallest absolute Gasteiger partial charge is 0.399 e. The molecule has 0 N–H and O–H groups in total. The lowest BCUT2D eigenvalue weighted by atomic mass is 9.74. The van der Waals surface area contributed by atoms with Crippen LogP contribution in [-0.4, -0.2) is 18.3 Å². The quantitative estimate of drug-likeness (QED) is 0.794. The molecular weight excluding hydrogens is 249 g/mol. The van der Waals surface area contributed by atoms with Crippen molar-refractivity contribution in [2.24, 2.45) is 0 Å². The van der Waals surface area contributed by atoms with Crippen molar-refractivity contribution in [1.82, 2.24) is 0 Å². The van der Waals surface area contributed by atoms with E-state index in [1.54, 1.807) is 0 Å². The van der Waals surface area contributed by atoms with E-state index < -0.39 is 0 Å². The van der Waals surface area contributed by atoms with Gasteiger partial charge in [-0.05, 0) is 57.6 Å². The highest BCUT2D eigenvalue weighted by Crippen LogP contribution is 2.36. The van der Waals surface area contributed by atoms with Crippen LogP contribution in [0, 0.1) is 18.3 Å². The Balaban J connectivity index is 2.35. The van der Waals surface area contributed by atoms with Gasteiger partial charge in [0.1, 0.15) is 0 Å². The highest BCUT2D eigenvalue weighted by Gasteiger charge is 2.52. The van der Waals surface area contributed by atoms with Crippen molar-refractivity contribution < 1.29 is 9.31 Å². The second-order valence-electron chi connectivity index (χ2n) is 6.39. The molecule has 0 spiro atoms. The first kappa shape index (κ1) is 15.1. The highest BCUT2D eigenvalue weighted by molar-refractivity contribution is 6.62. The van der Waals surface area contributed by atoms with E-state index in [9.17, 15) is 0 Å². The second kappa shape index (κ2) is 5.23. The van der Waals surface area contributed by atoms with Crippen molar-refractivity contribution >= 4 is 12.6 Å². The lowest BCUT2D eigenvalue weighted by Gasteiger charge is -2.32. The van der Waals surface area contributed by atoms with Crippen LogP contribution < -0.4 is 5.46 Å². The molecule has 1 aliphatic heterocycles. The largest absolute Gasteiger partial charge is 0.495 e. The van der Waals surface area contributed by atoms with Crippen LogP contribution in [0.3, 0.4) is 0 Å². The predicted molar refractivity (Wildman–Crippen MR) is 80.8 cm³/mol. The van der Waals surface area contributed by atoms with E-state index in [4.69, 9.17) is 14.6 Å². The van der Waals surface area contributed by atoms with Crippen molar-refractivity contribution in [2.45, 2.75) is 58.7 Å². The Bertz CT molecular complexity index is 530. The lowest BCUT2D eigenvalue weighted by Crippen LogP contribution is -2.41. The fourth-order valence-corrected chi connectivity index (χ4v) is 2.44. The molecule has 0 atom stereocenters. The molecule has 106 valence electrons. The van der Waals surface area contributed by atoms with Gasteiger partial charge in [0, 0.05) is 6.42 Å². The van der Waals surface area contributed by atoms with Crippen LogP contribution in [0.25, 0.3) is 0 Å². The topological polar surface area (TPSA) is 42.2 Å². The summed E-state index contributed by atoms with van der Waals surface area (Å²) in [5.41, 5.74) is 2.74. The van der Waals surface area contributed by atoms with Gasteiger partial charge in [-0.15, -0.1) is 0 Å². The zero-order valence-corrected chi connectivity index (χ0v) is 13.0. The standard InChI is InChI=1S/C16H22BNO2/c1-12-8-6-10-14(13(12)9-7-11-18)17-19-15(2,3)16(4,5)20-17/h6,8,10H,7,9H2,1-5H3. The molecule has 0 aliphatic carbocycles. The fourth-order valence-electron chi connectivity index (χ4n) is 2.44. The maximum absolute atomic E-state index is 8.83. The summed E-state index contributed by atoms with van der Waals surface area (Å²) in [4.78, 5) is 0. The Labute approximate surface area is 122 Å². The Kier molecular flexibility index (Phi) is 3.95. The van der Waals surface area contributed by atoms with E-state index in [2.05, 4.69) is 46.8 Å². The monoisotopic (exact) mass is 271 g/mol. The van der Waals surface area contributed by atoms with Crippen LogP contribution in [0.15, 0.2) is 18.2 Å². The molecule has 1 heterocycles. The van der Waals surface area contributed by atoms with Crippen LogP contribution in [0.5, 0.6) is 0 Å². The first-order valence-corrected chi connectivity index (χ1v) is 7.09. The van der Waals surface area contributed by atoms with Crippen LogP contribution >= 0.6 is 0 Å². The number of hydrogen-bond donors (Lipinski definition) is 0. The number of nitriles is 1. The molecule has 4 heteroatoms. The van der Waals surface area contributed by atoms with Crippen LogP contribution in [0.4, 0.5) is 0 Å². The summed E-state index contributed by atoms with van der Waals surface area (Å²) in [7, 11) is -0.353. The summed E-state index contributed by atoms with van der Waals surface area (Å²) >= 11 is 0. The first-order chi connectivity index (χ1) is 9.28. The summed E-state index contributed by atoms with van der Waals surface area (Å²) in [6.45, 7) is 10.3. The molecule has 0 radical (unpaired) electrons. The van der Waals surface area contributed by atoms with Crippen molar-refractivity contribution in [1.29, 1.82) is 5.26 Å². The summed E-state index contributed by atoms with van der Waals surface area (Å²) in [5, 5.41) is 8.83. The Morgan fingerprint density at radius 3 is 2.30 bits per heavy atom. The van der Waals surface area contributed by atoms with Crippen molar-refractivity contribution in [2.75, 3.05) is 0 Å². The maximum Gasteiger partial charge on any atom is 0.495 e. The summed E-state index contributed by atoms with van der Waals surface area (Å²) in [5.74, 6) is 0. The van der Waals surface area contributed by atoms with Crippen molar-refractivity contribution in [3.63, 3.8) is 0 Å². The maximum atomic E-state index is 8.83. The molecular formula is C16H22BNO2. The minimum absolute atomic E-state index is 0.339. The SMILES string of the molecule is Cc1cccc(B2OC(C)(C)C(C)(C)O2)c1CCC#N. The zero-order valence-electron chi connectivity index (χ0n) is 13.0. The number of hydrogen-bond acceptors (Lipinski definition) is 3.